The van der Waals surface area contributed by atoms with Gasteiger partial charge in [-0.1, -0.05) is 20.8 Å². The van der Waals surface area contributed by atoms with E-state index in [-0.39, 0.29) is 17.6 Å². The predicted molar refractivity (Wildman–Crippen MR) is 81.9 cm³/mol. The van der Waals surface area contributed by atoms with Crippen LogP contribution in [0.3, 0.4) is 0 Å². The van der Waals surface area contributed by atoms with Crippen molar-refractivity contribution in [2.45, 2.75) is 64.0 Å². The van der Waals surface area contributed by atoms with Crippen LogP contribution < -0.4 is 5.32 Å². The summed E-state index contributed by atoms with van der Waals surface area (Å²) in [5.41, 5.74) is 0.686. The molecular weight excluding hydrogens is 274 g/mol. The first-order valence-corrected chi connectivity index (χ1v) is 7.91. The molecule has 0 amide bonds. The van der Waals surface area contributed by atoms with Crippen molar-refractivity contribution in [3.8, 4) is 0 Å². The van der Waals surface area contributed by atoms with Gasteiger partial charge in [0.15, 0.2) is 0 Å². The molecule has 3 N–H and O–H groups in total. The third-order valence-electron chi connectivity index (χ3n) is 3.72. The smallest absolute Gasteiger partial charge is 0.348 e. The number of thiophene rings is 1. The fourth-order valence-electron chi connectivity index (χ4n) is 2.47. The first kappa shape index (κ1) is 15.3. The van der Waals surface area contributed by atoms with E-state index in [0.29, 0.717) is 4.88 Å². The van der Waals surface area contributed by atoms with Gasteiger partial charge in [-0.25, -0.2) is 4.79 Å². The van der Waals surface area contributed by atoms with Crippen LogP contribution in [0.5, 0.6) is 0 Å². The Bertz CT molecular complexity index is 482. The minimum atomic E-state index is -0.871. The Kier molecular flexibility index (Phi) is 4.39. The van der Waals surface area contributed by atoms with Gasteiger partial charge in [0.2, 0.25) is 0 Å². The molecule has 0 radical (unpaired) electrons. The monoisotopic (exact) mass is 297 g/mol. The molecule has 0 aliphatic heterocycles. The molecule has 0 saturated heterocycles. The van der Waals surface area contributed by atoms with Gasteiger partial charge in [-0.2, -0.15) is 0 Å². The summed E-state index contributed by atoms with van der Waals surface area (Å²) in [7, 11) is 0. The van der Waals surface area contributed by atoms with Crippen LogP contribution in [0.15, 0.2) is 6.07 Å². The first-order valence-electron chi connectivity index (χ1n) is 7.09. The lowest BCUT2D eigenvalue weighted by atomic mass is 9.92. The van der Waals surface area contributed by atoms with Crippen molar-refractivity contribution < 1.29 is 15.0 Å². The SMILES string of the molecule is CC(C)(C)c1cc(N[C@H]2CC[C@H](O)CC2)c(C(=O)O)s1. The highest BCUT2D eigenvalue weighted by Crippen LogP contribution is 2.36. The number of hydrogen-bond acceptors (Lipinski definition) is 4. The summed E-state index contributed by atoms with van der Waals surface area (Å²) < 4.78 is 0. The summed E-state index contributed by atoms with van der Waals surface area (Å²) in [6.07, 6.45) is 3.16. The van der Waals surface area contributed by atoms with Gasteiger partial charge in [-0.05, 0) is 37.2 Å². The van der Waals surface area contributed by atoms with Gasteiger partial charge in [0.25, 0.3) is 0 Å². The summed E-state index contributed by atoms with van der Waals surface area (Å²) in [5, 5.41) is 22.2. The molecule has 1 aliphatic carbocycles. The summed E-state index contributed by atoms with van der Waals surface area (Å²) in [6, 6.07) is 2.23. The molecule has 0 spiro atoms. The van der Waals surface area contributed by atoms with Gasteiger partial charge in [0, 0.05) is 10.9 Å². The van der Waals surface area contributed by atoms with Crippen molar-refractivity contribution >= 4 is 23.0 Å². The average Bonchev–Trinajstić information content (AvgIpc) is 2.76. The maximum atomic E-state index is 11.4. The Morgan fingerprint density at radius 3 is 2.40 bits per heavy atom. The Labute approximate surface area is 123 Å². The lowest BCUT2D eigenvalue weighted by Gasteiger charge is -2.26. The molecule has 1 heterocycles. The van der Waals surface area contributed by atoms with Gasteiger partial charge in [0.05, 0.1) is 11.8 Å². The number of nitrogens with one attached hydrogen (secondary N) is 1. The molecule has 0 unspecified atom stereocenters. The summed E-state index contributed by atoms with van der Waals surface area (Å²) in [6.45, 7) is 6.27. The van der Waals surface area contributed by atoms with Crippen LogP contribution >= 0.6 is 11.3 Å². The normalized spacial score (nSPS) is 23.6. The zero-order chi connectivity index (χ0) is 14.9. The van der Waals surface area contributed by atoms with Crippen molar-refractivity contribution in [1.29, 1.82) is 0 Å². The highest BCUT2D eigenvalue weighted by Gasteiger charge is 2.25. The third kappa shape index (κ3) is 3.52. The molecule has 0 aromatic carbocycles. The number of hydrogen-bond donors (Lipinski definition) is 3. The summed E-state index contributed by atoms with van der Waals surface area (Å²) in [4.78, 5) is 12.9. The zero-order valence-electron chi connectivity index (χ0n) is 12.3. The van der Waals surface area contributed by atoms with E-state index in [1.165, 1.54) is 11.3 Å². The Morgan fingerprint density at radius 1 is 1.30 bits per heavy atom. The number of anilines is 1. The van der Waals surface area contributed by atoms with Crippen LogP contribution in [0.1, 0.15) is 61.0 Å². The average molecular weight is 297 g/mol. The van der Waals surface area contributed by atoms with E-state index in [2.05, 4.69) is 26.1 Å². The molecular formula is C15H23NO3S. The molecule has 1 aromatic heterocycles. The van der Waals surface area contributed by atoms with Crippen molar-refractivity contribution in [2.24, 2.45) is 0 Å². The molecule has 20 heavy (non-hydrogen) atoms. The van der Waals surface area contributed by atoms with E-state index < -0.39 is 5.97 Å². The van der Waals surface area contributed by atoms with E-state index in [4.69, 9.17) is 0 Å². The van der Waals surface area contributed by atoms with Crippen LogP contribution in [-0.4, -0.2) is 28.3 Å². The van der Waals surface area contributed by atoms with E-state index >= 15 is 0 Å². The van der Waals surface area contributed by atoms with Crippen LogP contribution in [0, 0.1) is 0 Å². The number of carbonyl (C=O) groups is 1. The second-order valence-corrected chi connectivity index (χ2v) is 7.61. The van der Waals surface area contributed by atoms with E-state index in [0.717, 1.165) is 36.2 Å². The second kappa shape index (κ2) is 5.74. The number of aliphatic hydroxyl groups excluding tert-OH is 1. The molecule has 4 nitrogen and oxygen atoms in total. The molecule has 2 rings (SSSR count). The largest absolute Gasteiger partial charge is 0.477 e. The second-order valence-electron chi connectivity index (χ2n) is 6.56. The first-order chi connectivity index (χ1) is 9.27. The van der Waals surface area contributed by atoms with Gasteiger partial charge >= 0.3 is 5.97 Å². The van der Waals surface area contributed by atoms with Crippen LogP contribution in [0.25, 0.3) is 0 Å². The maximum Gasteiger partial charge on any atom is 0.348 e. The molecule has 1 fully saturated rings. The van der Waals surface area contributed by atoms with Crippen LogP contribution in [0.2, 0.25) is 0 Å². The predicted octanol–water partition coefficient (Wildman–Crippen LogP) is 3.46. The van der Waals surface area contributed by atoms with Crippen LogP contribution in [-0.2, 0) is 5.41 Å². The maximum absolute atomic E-state index is 11.4. The lowest BCUT2D eigenvalue weighted by molar-refractivity contribution is 0.0702. The Balaban J connectivity index is 2.17. The molecule has 1 saturated carbocycles. The summed E-state index contributed by atoms with van der Waals surface area (Å²) >= 11 is 1.35. The van der Waals surface area contributed by atoms with E-state index in [9.17, 15) is 15.0 Å². The highest BCUT2D eigenvalue weighted by atomic mass is 32.1. The molecule has 1 aromatic rings. The fourth-order valence-corrected chi connectivity index (χ4v) is 3.48. The van der Waals surface area contributed by atoms with Gasteiger partial charge in [-0.15, -0.1) is 11.3 Å². The fraction of sp³-hybridized carbons (Fsp3) is 0.667. The number of rotatable bonds is 3. The zero-order valence-corrected chi connectivity index (χ0v) is 13.1. The van der Waals surface area contributed by atoms with Crippen molar-refractivity contribution in [2.75, 3.05) is 5.32 Å². The third-order valence-corrected chi connectivity index (χ3v) is 5.27. The summed E-state index contributed by atoms with van der Waals surface area (Å²) in [5.74, 6) is -0.871. The number of aliphatic hydroxyl groups is 1. The minimum Gasteiger partial charge on any atom is -0.477 e. The molecule has 0 bridgehead atoms. The lowest BCUT2D eigenvalue weighted by Crippen LogP contribution is -2.28. The highest BCUT2D eigenvalue weighted by molar-refractivity contribution is 7.14. The Hall–Kier alpha value is -1.07. The number of carboxylic acid groups (broad SMARTS) is 1. The van der Waals surface area contributed by atoms with Crippen molar-refractivity contribution in [3.63, 3.8) is 0 Å². The molecule has 5 heteroatoms. The van der Waals surface area contributed by atoms with Gasteiger partial charge in [0.1, 0.15) is 4.88 Å². The van der Waals surface area contributed by atoms with E-state index in [1.54, 1.807) is 0 Å². The van der Waals surface area contributed by atoms with Crippen molar-refractivity contribution in [3.05, 3.63) is 15.8 Å². The quantitative estimate of drug-likeness (QED) is 0.799. The Morgan fingerprint density at radius 2 is 1.90 bits per heavy atom. The van der Waals surface area contributed by atoms with Crippen molar-refractivity contribution in [1.82, 2.24) is 0 Å². The van der Waals surface area contributed by atoms with E-state index in [1.807, 2.05) is 6.07 Å². The number of carboxylic acids is 1. The van der Waals surface area contributed by atoms with Crippen LogP contribution in [0.4, 0.5) is 5.69 Å². The molecule has 0 atom stereocenters. The van der Waals surface area contributed by atoms with Gasteiger partial charge in [-0.3, -0.25) is 0 Å². The standard InChI is InChI=1S/C15H23NO3S/c1-15(2,3)12-8-11(13(20-12)14(18)19)16-9-4-6-10(17)7-5-9/h8-10,16-17H,4-7H2,1-3H3,(H,18,19)/t9-,10-. The number of aromatic carboxylic acids is 1. The minimum absolute atomic E-state index is 0.0441. The molecule has 112 valence electrons. The topological polar surface area (TPSA) is 69.6 Å². The molecule has 1 aliphatic rings. The van der Waals surface area contributed by atoms with Gasteiger partial charge < -0.3 is 15.5 Å².